The van der Waals surface area contributed by atoms with Gasteiger partial charge in [-0.15, -0.1) is 0 Å². The van der Waals surface area contributed by atoms with Crippen LogP contribution in [0.3, 0.4) is 0 Å². The highest BCUT2D eigenvalue weighted by molar-refractivity contribution is 5.93. The van der Waals surface area contributed by atoms with Crippen molar-refractivity contribution in [1.82, 2.24) is 14.7 Å². The van der Waals surface area contributed by atoms with Gasteiger partial charge < -0.3 is 10.4 Å². The van der Waals surface area contributed by atoms with Crippen molar-refractivity contribution in [2.75, 3.05) is 0 Å². The first-order valence-corrected chi connectivity index (χ1v) is 6.89. The van der Waals surface area contributed by atoms with E-state index in [1.165, 1.54) is 10.6 Å². The molecule has 116 valence electrons. The zero-order valence-corrected chi connectivity index (χ0v) is 12.4. The average Bonchev–Trinajstić information content (AvgIpc) is 2.45. The third-order valence-corrected chi connectivity index (χ3v) is 3.28. The van der Waals surface area contributed by atoms with Crippen molar-refractivity contribution in [3.8, 4) is 0 Å². The number of pyridine rings is 1. The smallest absolute Gasteiger partial charge is 0.303 e. The van der Waals surface area contributed by atoms with E-state index in [4.69, 9.17) is 5.11 Å². The fraction of sp³-hybridized carbons (Fsp3) is 0.333. The standard InChI is InChI=1S/C15H17N3O4/c1-9-5-6-18-12(7-9)16-8-11(15(18)22)14(21)17-10(2)3-4-13(19)20/h5-8,10H,3-4H2,1-2H3,(H,17,21)(H,19,20). The lowest BCUT2D eigenvalue weighted by Crippen LogP contribution is -2.37. The molecule has 0 aliphatic heterocycles. The van der Waals surface area contributed by atoms with Crippen LogP contribution in [0.5, 0.6) is 0 Å². The molecule has 7 nitrogen and oxygen atoms in total. The second-order valence-corrected chi connectivity index (χ2v) is 5.22. The number of aromatic nitrogens is 2. The summed E-state index contributed by atoms with van der Waals surface area (Å²) < 4.78 is 1.31. The third kappa shape index (κ3) is 3.49. The minimum absolute atomic E-state index is 0.0460. The van der Waals surface area contributed by atoms with E-state index in [2.05, 4.69) is 10.3 Å². The molecule has 2 rings (SSSR count). The molecule has 7 heteroatoms. The number of carboxylic acid groups (broad SMARTS) is 1. The largest absolute Gasteiger partial charge is 0.481 e. The summed E-state index contributed by atoms with van der Waals surface area (Å²) in [6, 6.07) is 3.16. The molecule has 0 spiro atoms. The Labute approximate surface area is 126 Å². The quantitative estimate of drug-likeness (QED) is 0.857. The Morgan fingerprint density at radius 1 is 1.45 bits per heavy atom. The van der Waals surface area contributed by atoms with E-state index in [0.717, 1.165) is 5.56 Å². The number of aryl methyl sites for hydroxylation is 1. The highest BCUT2D eigenvalue weighted by Crippen LogP contribution is 2.03. The number of carbonyl (C=O) groups excluding carboxylic acids is 1. The Kier molecular flexibility index (Phi) is 4.55. The van der Waals surface area contributed by atoms with Crippen molar-refractivity contribution in [1.29, 1.82) is 0 Å². The first-order chi connectivity index (χ1) is 10.4. The molecule has 2 heterocycles. The number of carboxylic acids is 1. The number of amides is 1. The molecule has 0 aliphatic carbocycles. The zero-order valence-electron chi connectivity index (χ0n) is 12.4. The Hall–Kier alpha value is -2.70. The number of aliphatic carboxylic acids is 1. The monoisotopic (exact) mass is 303 g/mol. The highest BCUT2D eigenvalue weighted by atomic mass is 16.4. The Morgan fingerprint density at radius 3 is 2.86 bits per heavy atom. The van der Waals surface area contributed by atoms with Crippen molar-refractivity contribution >= 4 is 17.5 Å². The summed E-state index contributed by atoms with van der Waals surface area (Å²) in [6.07, 6.45) is 3.07. The first kappa shape index (κ1) is 15.7. The molecule has 2 N–H and O–H groups in total. The van der Waals surface area contributed by atoms with Gasteiger partial charge in [-0.1, -0.05) is 0 Å². The topological polar surface area (TPSA) is 101 Å². The van der Waals surface area contributed by atoms with Crippen molar-refractivity contribution in [3.05, 3.63) is 46.0 Å². The summed E-state index contributed by atoms with van der Waals surface area (Å²) in [5, 5.41) is 11.2. The van der Waals surface area contributed by atoms with E-state index in [-0.39, 0.29) is 18.0 Å². The van der Waals surface area contributed by atoms with E-state index in [9.17, 15) is 14.4 Å². The number of fused-ring (bicyclic) bond motifs is 1. The van der Waals surface area contributed by atoms with Gasteiger partial charge in [0.05, 0.1) is 0 Å². The lowest BCUT2D eigenvalue weighted by Gasteiger charge is -2.12. The molecule has 1 amide bonds. The molecule has 0 fully saturated rings. The molecular weight excluding hydrogens is 286 g/mol. The summed E-state index contributed by atoms with van der Waals surface area (Å²) in [5.41, 5.74) is 0.920. The fourth-order valence-electron chi connectivity index (χ4n) is 2.05. The van der Waals surface area contributed by atoms with E-state index in [1.807, 2.05) is 6.92 Å². The second-order valence-electron chi connectivity index (χ2n) is 5.22. The first-order valence-electron chi connectivity index (χ1n) is 6.89. The highest BCUT2D eigenvalue weighted by Gasteiger charge is 2.16. The van der Waals surface area contributed by atoms with Crippen molar-refractivity contribution in [2.45, 2.75) is 32.7 Å². The third-order valence-electron chi connectivity index (χ3n) is 3.28. The molecule has 2 aromatic rings. The van der Waals surface area contributed by atoms with Crippen LogP contribution in [0.2, 0.25) is 0 Å². The van der Waals surface area contributed by atoms with Crippen LogP contribution in [0.1, 0.15) is 35.7 Å². The summed E-state index contributed by atoms with van der Waals surface area (Å²) >= 11 is 0. The summed E-state index contributed by atoms with van der Waals surface area (Å²) in [5.74, 6) is -1.48. The predicted octanol–water partition coefficient (Wildman–Crippen LogP) is 0.986. The average molecular weight is 303 g/mol. The van der Waals surface area contributed by atoms with Gasteiger partial charge in [0, 0.05) is 24.9 Å². The van der Waals surface area contributed by atoms with Crippen LogP contribution < -0.4 is 10.9 Å². The second kappa shape index (κ2) is 6.38. The molecule has 22 heavy (non-hydrogen) atoms. The van der Waals surface area contributed by atoms with Crippen LogP contribution >= 0.6 is 0 Å². The van der Waals surface area contributed by atoms with E-state index in [1.54, 1.807) is 25.3 Å². The Balaban J connectivity index is 2.22. The van der Waals surface area contributed by atoms with E-state index >= 15 is 0 Å². The number of nitrogens with zero attached hydrogens (tertiary/aromatic N) is 2. The van der Waals surface area contributed by atoms with Crippen LogP contribution in [-0.2, 0) is 4.79 Å². The molecule has 0 aliphatic rings. The summed E-state index contributed by atoms with van der Waals surface area (Å²) in [4.78, 5) is 39.0. The number of carbonyl (C=O) groups is 2. The minimum atomic E-state index is -0.927. The van der Waals surface area contributed by atoms with Gasteiger partial charge in [-0.3, -0.25) is 18.8 Å². The van der Waals surface area contributed by atoms with E-state index in [0.29, 0.717) is 12.1 Å². The molecule has 0 radical (unpaired) electrons. The molecule has 0 saturated carbocycles. The molecule has 0 aromatic carbocycles. The number of nitrogens with one attached hydrogen (secondary N) is 1. The molecule has 0 saturated heterocycles. The molecule has 2 aromatic heterocycles. The maximum atomic E-state index is 12.3. The van der Waals surface area contributed by atoms with Crippen LogP contribution in [0.4, 0.5) is 0 Å². The normalized spacial score (nSPS) is 12.1. The van der Waals surface area contributed by atoms with E-state index < -0.39 is 17.4 Å². The van der Waals surface area contributed by atoms with Crippen LogP contribution in [0, 0.1) is 6.92 Å². The van der Waals surface area contributed by atoms with Gasteiger partial charge in [-0.25, -0.2) is 4.98 Å². The van der Waals surface area contributed by atoms with Gasteiger partial charge >= 0.3 is 5.97 Å². The van der Waals surface area contributed by atoms with Gasteiger partial charge in [0.2, 0.25) is 0 Å². The fourth-order valence-corrected chi connectivity index (χ4v) is 2.05. The summed E-state index contributed by atoms with van der Waals surface area (Å²) in [7, 11) is 0. The van der Waals surface area contributed by atoms with Crippen LogP contribution in [-0.4, -0.2) is 32.4 Å². The Bertz CT molecular complexity index is 782. The summed E-state index contributed by atoms with van der Waals surface area (Å²) in [6.45, 7) is 3.58. The van der Waals surface area contributed by atoms with Gasteiger partial charge in [-0.2, -0.15) is 0 Å². The SMILES string of the molecule is Cc1ccn2c(=O)c(C(=O)NC(C)CCC(=O)O)cnc2c1. The van der Waals surface area contributed by atoms with Gasteiger partial charge in [0.15, 0.2) is 0 Å². The van der Waals surface area contributed by atoms with Gasteiger partial charge in [-0.05, 0) is 38.0 Å². The minimum Gasteiger partial charge on any atom is -0.481 e. The molecular formula is C15H17N3O4. The van der Waals surface area contributed by atoms with Crippen LogP contribution in [0.15, 0.2) is 29.3 Å². The lowest BCUT2D eigenvalue weighted by atomic mass is 10.1. The van der Waals surface area contributed by atoms with Gasteiger partial charge in [0.1, 0.15) is 11.2 Å². The van der Waals surface area contributed by atoms with Crippen LogP contribution in [0.25, 0.3) is 5.65 Å². The Morgan fingerprint density at radius 2 is 2.18 bits per heavy atom. The molecule has 1 atom stereocenters. The number of rotatable bonds is 5. The lowest BCUT2D eigenvalue weighted by molar-refractivity contribution is -0.137. The van der Waals surface area contributed by atoms with Crippen molar-refractivity contribution in [2.24, 2.45) is 0 Å². The maximum absolute atomic E-state index is 12.3. The van der Waals surface area contributed by atoms with Crippen molar-refractivity contribution in [3.63, 3.8) is 0 Å². The molecule has 0 bridgehead atoms. The van der Waals surface area contributed by atoms with Crippen molar-refractivity contribution < 1.29 is 14.7 Å². The number of hydrogen-bond donors (Lipinski definition) is 2. The van der Waals surface area contributed by atoms with Gasteiger partial charge in [0.25, 0.3) is 11.5 Å². The maximum Gasteiger partial charge on any atom is 0.303 e. The number of hydrogen-bond acceptors (Lipinski definition) is 4. The zero-order chi connectivity index (χ0) is 16.3. The molecule has 1 unspecified atom stereocenters. The predicted molar refractivity (Wildman–Crippen MR) is 80.0 cm³/mol.